The van der Waals surface area contributed by atoms with E-state index in [9.17, 15) is 0 Å². The molecule has 0 aliphatic carbocycles. The molecule has 0 N–H and O–H groups in total. The van der Waals surface area contributed by atoms with E-state index in [1.165, 1.54) is 27.8 Å². The van der Waals surface area contributed by atoms with E-state index in [0.717, 1.165) is 4.90 Å². The van der Waals surface area contributed by atoms with Crippen molar-refractivity contribution >= 4 is 12.6 Å². The SMILES string of the molecule is Cc1c(C)c(C)c(S)c(C)c1C.[Na+]. The first kappa shape index (κ1) is 13.6. The molecular weight excluding hydrogens is 187 g/mol. The zero-order chi connectivity index (χ0) is 9.46. The molecule has 0 fully saturated rings. The zero-order valence-corrected chi connectivity index (χ0v) is 12.3. The second kappa shape index (κ2) is 4.88. The number of hydrogen-bond acceptors (Lipinski definition) is 1. The van der Waals surface area contributed by atoms with Gasteiger partial charge in [-0.1, -0.05) is 0 Å². The third-order valence-corrected chi connectivity index (χ3v) is 3.63. The summed E-state index contributed by atoms with van der Waals surface area (Å²) in [7, 11) is 0. The van der Waals surface area contributed by atoms with Crippen LogP contribution in [-0.2, 0) is 0 Å². The van der Waals surface area contributed by atoms with Crippen LogP contribution in [0.15, 0.2) is 4.90 Å². The Balaban J connectivity index is 0.00000144. The molecule has 2 heteroatoms. The maximum atomic E-state index is 4.50. The molecule has 1 aromatic rings. The maximum absolute atomic E-state index is 4.50. The molecule has 0 atom stereocenters. The van der Waals surface area contributed by atoms with Crippen molar-refractivity contribution < 1.29 is 29.6 Å². The van der Waals surface area contributed by atoms with Crippen molar-refractivity contribution in [1.82, 2.24) is 0 Å². The summed E-state index contributed by atoms with van der Waals surface area (Å²) in [6, 6.07) is 0. The van der Waals surface area contributed by atoms with Crippen LogP contribution in [0, 0.1) is 34.6 Å². The van der Waals surface area contributed by atoms with E-state index in [0.29, 0.717) is 0 Å². The summed E-state index contributed by atoms with van der Waals surface area (Å²) < 4.78 is 0. The molecule has 1 rings (SSSR count). The summed E-state index contributed by atoms with van der Waals surface area (Å²) in [6.45, 7) is 10.8. The topological polar surface area (TPSA) is 0 Å². The Hall–Kier alpha value is 0.570. The van der Waals surface area contributed by atoms with Crippen molar-refractivity contribution in [1.29, 1.82) is 0 Å². The van der Waals surface area contributed by atoms with Crippen LogP contribution in [0.25, 0.3) is 0 Å². The third kappa shape index (κ3) is 2.33. The predicted octanol–water partition coefficient (Wildman–Crippen LogP) is 0.521. The molecule has 0 unspecified atom stereocenters. The van der Waals surface area contributed by atoms with Crippen LogP contribution >= 0.6 is 12.6 Å². The van der Waals surface area contributed by atoms with E-state index >= 15 is 0 Å². The van der Waals surface area contributed by atoms with Crippen molar-refractivity contribution in [2.75, 3.05) is 0 Å². The van der Waals surface area contributed by atoms with Crippen LogP contribution < -0.4 is 29.6 Å². The molecule has 1 aromatic carbocycles. The smallest absolute Gasteiger partial charge is 0.143 e. The average molecular weight is 203 g/mol. The molecule has 0 aromatic heterocycles. The van der Waals surface area contributed by atoms with Gasteiger partial charge >= 0.3 is 29.6 Å². The molecule has 0 bridgehead atoms. The van der Waals surface area contributed by atoms with E-state index < -0.39 is 0 Å². The number of hydrogen-bond donors (Lipinski definition) is 1. The predicted molar refractivity (Wildman–Crippen MR) is 57.4 cm³/mol. The summed E-state index contributed by atoms with van der Waals surface area (Å²) in [5.41, 5.74) is 6.80. The minimum absolute atomic E-state index is 0. The van der Waals surface area contributed by atoms with Crippen molar-refractivity contribution in [3.63, 3.8) is 0 Å². The Morgan fingerprint density at radius 2 is 0.846 bits per heavy atom. The second-order valence-electron chi connectivity index (χ2n) is 3.47. The van der Waals surface area contributed by atoms with Crippen molar-refractivity contribution in [2.45, 2.75) is 39.5 Å². The molecule has 0 aliphatic heterocycles. The molecule has 0 saturated carbocycles. The van der Waals surface area contributed by atoms with Gasteiger partial charge in [-0.15, -0.1) is 12.6 Å². The Morgan fingerprint density at radius 1 is 0.615 bits per heavy atom. The summed E-state index contributed by atoms with van der Waals surface area (Å²) in [5, 5.41) is 0. The van der Waals surface area contributed by atoms with Crippen LogP contribution in [0.5, 0.6) is 0 Å². The van der Waals surface area contributed by atoms with Crippen molar-refractivity contribution in [3.05, 3.63) is 27.8 Å². The Kier molecular flexibility index (Phi) is 5.09. The standard InChI is InChI=1S/C11H16S.Na/c1-6-7(2)9(4)11(12)10(5)8(6)3;/h12H,1-5H3;/q;+1. The minimum atomic E-state index is 0. The van der Waals surface area contributed by atoms with E-state index in [1.54, 1.807) is 0 Å². The Morgan fingerprint density at radius 3 is 1.15 bits per heavy atom. The molecule has 0 radical (unpaired) electrons. The Labute approximate surface area is 109 Å². The molecule has 13 heavy (non-hydrogen) atoms. The monoisotopic (exact) mass is 203 g/mol. The van der Waals surface area contributed by atoms with Crippen molar-refractivity contribution in [2.24, 2.45) is 0 Å². The van der Waals surface area contributed by atoms with E-state index in [-0.39, 0.29) is 29.6 Å². The van der Waals surface area contributed by atoms with Gasteiger partial charge in [-0.25, -0.2) is 0 Å². The first-order valence-corrected chi connectivity index (χ1v) is 4.67. The van der Waals surface area contributed by atoms with Gasteiger partial charge in [0.25, 0.3) is 0 Å². The normalized spacial score (nSPS) is 9.69. The second-order valence-corrected chi connectivity index (χ2v) is 3.92. The fourth-order valence-electron chi connectivity index (χ4n) is 1.48. The molecule has 0 heterocycles. The number of thiol groups is 1. The summed E-state index contributed by atoms with van der Waals surface area (Å²) in [4.78, 5) is 1.15. The molecule has 0 nitrogen and oxygen atoms in total. The van der Waals surface area contributed by atoms with Crippen molar-refractivity contribution in [3.8, 4) is 0 Å². The zero-order valence-electron chi connectivity index (χ0n) is 9.45. The van der Waals surface area contributed by atoms with E-state index in [2.05, 4.69) is 47.2 Å². The van der Waals surface area contributed by atoms with Gasteiger partial charge in [0.05, 0.1) is 0 Å². The Bertz CT molecular complexity index is 224. The van der Waals surface area contributed by atoms with Crippen LogP contribution in [0.1, 0.15) is 27.8 Å². The first-order valence-electron chi connectivity index (χ1n) is 4.22. The fraction of sp³-hybridized carbons (Fsp3) is 0.455. The molecule has 0 aliphatic rings. The molecule has 66 valence electrons. The van der Waals surface area contributed by atoms with E-state index in [1.807, 2.05) is 0 Å². The first-order chi connectivity index (χ1) is 5.46. The van der Waals surface area contributed by atoms with Crippen LogP contribution in [0.4, 0.5) is 0 Å². The van der Waals surface area contributed by atoms with Crippen LogP contribution in [0.3, 0.4) is 0 Å². The van der Waals surface area contributed by atoms with Gasteiger partial charge in [0.15, 0.2) is 0 Å². The molecule has 0 amide bonds. The van der Waals surface area contributed by atoms with Gasteiger partial charge in [-0.3, -0.25) is 0 Å². The van der Waals surface area contributed by atoms with Gasteiger partial charge in [0, 0.05) is 4.90 Å². The molecule has 0 spiro atoms. The third-order valence-electron chi connectivity index (χ3n) is 2.96. The van der Waals surface area contributed by atoms with Crippen LogP contribution in [-0.4, -0.2) is 0 Å². The fourth-order valence-corrected chi connectivity index (χ4v) is 1.82. The number of rotatable bonds is 0. The van der Waals surface area contributed by atoms with E-state index in [4.69, 9.17) is 0 Å². The van der Waals surface area contributed by atoms with Crippen LogP contribution in [0.2, 0.25) is 0 Å². The minimum Gasteiger partial charge on any atom is -0.143 e. The van der Waals surface area contributed by atoms with Gasteiger partial charge < -0.3 is 0 Å². The molecule has 0 saturated heterocycles. The van der Waals surface area contributed by atoms with Gasteiger partial charge in [-0.05, 0) is 62.4 Å². The summed E-state index contributed by atoms with van der Waals surface area (Å²) >= 11 is 4.50. The molecular formula is C11H16NaS+. The maximum Gasteiger partial charge on any atom is 1.00 e. The summed E-state index contributed by atoms with van der Waals surface area (Å²) in [6.07, 6.45) is 0. The van der Waals surface area contributed by atoms with Gasteiger partial charge in [0.2, 0.25) is 0 Å². The van der Waals surface area contributed by atoms with Gasteiger partial charge in [0.1, 0.15) is 0 Å². The number of benzene rings is 1. The summed E-state index contributed by atoms with van der Waals surface area (Å²) in [5.74, 6) is 0. The van der Waals surface area contributed by atoms with Gasteiger partial charge in [-0.2, -0.15) is 0 Å². The average Bonchev–Trinajstić information content (AvgIpc) is 2.08. The largest absolute Gasteiger partial charge is 1.00 e. The quantitative estimate of drug-likeness (QED) is 0.461.